The first-order valence-electron chi connectivity index (χ1n) is 9.90. The lowest BCUT2D eigenvalue weighted by Gasteiger charge is -2.37. The Morgan fingerprint density at radius 2 is 1.36 bits per heavy atom. The monoisotopic (exact) mass is 364 g/mol. The second-order valence-electron chi connectivity index (χ2n) is 7.82. The third kappa shape index (κ3) is 5.09. The lowest BCUT2D eigenvalue weighted by Crippen LogP contribution is -2.35. The van der Waals surface area contributed by atoms with Gasteiger partial charge in [0.15, 0.2) is 6.71 Å². The molecule has 0 heterocycles. The summed E-state index contributed by atoms with van der Waals surface area (Å²) in [6.45, 7) is 0.0521. The number of allylic oxidation sites excluding steroid dienone is 1. The Balaban J connectivity index is 1.92. The van der Waals surface area contributed by atoms with Crippen molar-refractivity contribution in [3.05, 3.63) is 40.3 Å². The average molecular weight is 365 g/mol. The van der Waals surface area contributed by atoms with Crippen LogP contribution in [0.2, 0.25) is 16.7 Å². The van der Waals surface area contributed by atoms with E-state index in [0.717, 1.165) is 31.2 Å². The van der Waals surface area contributed by atoms with Crippen molar-refractivity contribution in [2.45, 2.75) is 82.3 Å². The first kappa shape index (κ1) is 19.0. The molecule has 2 aliphatic carbocycles. The van der Waals surface area contributed by atoms with Gasteiger partial charge in [0.2, 0.25) is 0 Å². The smallest absolute Gasteiger partial charge is 0.206 e. The van der Waals surface area contributed by atoms with Gasteiger partial charge in [-0.3, -0.25) is 0 Å². The molecule has 0 N–H and O–H groups in total. The van der Waals surface area contributed by atoms with E-state index in [1.54, 1.807) is 18.2 Å². The highest BCUT2D eigenvalue weighted by Crippen LogP contribution is 2.45. The molecule has 2 saturated carbocycles. The van der Waals surface area contributed by atoms with Crippen LogP contribution in [0.25, 0.3) is 6.08 Å². The van der Waals surface area contributed by atoms with Gasteiger partial charge in [-0.25, -0.2) is 8.78 Å². The SMILES string of the molecule is FC(F)/C(=C\c1ccc(Cl)cc1)B(C1CCCCC1)C1CCCCC1. The van der Waals surface area contributed by atoms with Gasteiger partial charge in [-0.05, 0) is 23.2 Å². The average Bonchev–Trinajstić information content (AvgIpc) is 2.64. The number of benzene rings is 1. The molecule has 4 heteroatoms. The molecule has 0 spiro atoms. The standard InChI is InChI=1S/C21H28BClF2/c23-19-13-11-16(12-14-19)15-20(21(24)25)22(17-7-3-1-4-8-17)18-9-5-2-6-10-18/h11-15,17-18,21H,1-10H2/b20-15+. The fourth-order valence-corrected chi connectivity index (χ4v) is 5.10. The minimum absolute atomic E-state index is 0.0521. The molecule has 3 rings (SSSR count). The fraction of sp³-hybridized carbons (Fsp3) is 0.619. The molecule has 1 aromatic rings. The second kappa shape index (κ2) is 9.21. The van der Waals surface area contributed by atoms with E-state index >= 15 is 0 Å². The molecule has 0 aliphatic heterocycles. The van der Waals surface area contributed by atoms with Crippen LogP contribution in [0.3, 0.4) is 0 Å². The van der Waals surface area contributed by atoms with Crippen molar-refractivity contribution in [2.24, 2.45) is 0 Å². The molecule has 0 saturated heterocycles. The van der Waals surface area contributed by atoms with Crippen molar-refractivity contribution in [1.29, 1.82) is 0 Å². The Morgan fingerprint density at radius 1 is 0.880 bits per heavy atom. The molecule has 0 unspecified atom stereocenters. The quantitative estimate of drug-likeness (QED) is 0.470. The predicted octanol–water partition coefficient (Wildman–Crippen LogP) is 7.69. The Hall–Kier alpha value is -0.825. The topological polar surface area (TPSA) is 0 Å². The summed E-state index contributed by atoms with van der Waals surface area (Å²) in [4.78, 5) is 0. The van der Waals surface area contributed by atoms with Crippen molar-refractivity contribution in [3.8, 4) is 0 Å². The van der Waals surface area contributed by atoms with Gasteiger partial charge in [-0.15, -0.1) is 0 Å². The number of hydrogen-bond acceptors (Lipinski definition) is 0. The number of hydrogen-bond donors (Lipinski definition) is 0. The van der Waals surface area contributed by atoms with Crippen LogP contribution in [-0.2, 0) is 0 Å². The molecular weight excluding hydrogens is 336 g/mol. The second-order valence-corrected chi connectivity index (χ2v) is 8.25. The maximum Gasteiger partial charge on any atom is 0.252 e. The van der Waals surface area contributed by atoms with Gasteiger partial charge in [0.05, 0.1) is 0 Å². The van der Waals surface area contributed by atoms with Crippen molar-refractivity contribution in [2.75, 3.05) is 0 Å². The first-order chi connectivity index (χ1) is 12.1. The van der Waals surface area contributed by atoms with Gasteiger partial charge in [-0.2, -0.15) is 0 Å². The maximum atomic E-state index is 14.1. The Bertz CT molecular complexity index is 540. The van der Waals surface area contributed by atoms with E-state index in [0.29, 0.717) is 22.1 Å². The van der Waals surface area contributed by atoms with Crippen LogP contribution in [0.15, 0.2) is 29.7 Å². The van der Waals surface area contributed by atoms with E-state index < -0.39 is 6.43 Å². The molecule has 1 aromatic carbocycles. The molecule has 25 heavy (non-hydrogen) atoms. The summed E-state index contributed by atoms with van der Waals surface area (Å²) in [6, 6.07) is 7.27. The Labute approximate surface area is 156 Å². The fourth-order valence-electron chi connectivity index (χ4n) is 4.97. The molecule has 0 nitrogen and oxygen atoms in total. The van der Waals surface area contributed by atoms with Crippen LogP contribution >= 0.6 is 11.6 Å². The lowest BCUT2D eigenvalue weighted by atomic mass is 9.27. The minimum atomic E-state index is -2.37. The third-order valence-corrected chi connectivity index (χ3v) is 6.41. The highest BCUT2D eigenvalue weighted by atomic mass is 35.5. The molecule has 136 valence electrons. The molecule has 0 aromatic heterocycles. The molecule has 0 radical (unpaired) electrons. The van der Waals surface area contributed by atoms with Crippen LogP contribution in [0.5, 0.6) is 0 Å². The summed E-state index contributed by atoms with van der Waals surface area (Å²) in [6.07, 6.45) is 11.2. The van der Waals surface area contributed by atoms with Crippen LogP contribution in [0.1, 0.15) is 69.8 Å². The molecule has 2 fully saturated rings. The number of rotatable bonds is 5. The van der Waals surface area contributed by atoms with Crippen LogP contribution in [0.4, 0.5) is 8.78 Å². The third-order valence-electron chi connectivity index (χ3n) is 6.16. The number of halogens is 3. The van der Waals surface area contributed by atoms with Gasteiger partial charge < -0.3 is 0 Å². The summed E-state index contributed by atoms with van der Waals surface area (Å²) in [5, 5.41) is 0.645. The lowest BCUT2D eigenvalue weighted by molar-refractivity contribution is 0.197. The van der Waals surface area contributed by atoms with Crippen LogP contribution in [-0.4, -0.2) is 13.1 Å². The van der Waals surface area contributed by atoms with E-state index in [9.17, 15) is 8.78 Å². The van der Waals surface area contributed by atoms with Gasteiger partial charge >= 0.3 is 0 Å². The van der Waals surface area contributed by atoms with Crippen LogP contribution in [0, 0.1) is 0 Å². The van der Waals surface area contributed by atoms with Crippen molar-refractivity contribution < 1.29 is 8.78 Å². The van der Waals surface area contributed by atoms with E-state index in [1.807, 2.05) is 12.1 Å². The van der Waals surface area contributed by atoms with E-state index in [-0.39, 0.29) is 6.71 Å². The van der Waals surface area contributed by atoms with Crippen molar-refractivity contribution in [3.63, 3.8) is 0 Å². The summed E-state index contributed by atoms with van der Waals surface area (Å²) in [7, 11) is 0. The van der Waals surface area contributed by atoms with Crippen molar-refractivity contribution >= 4 is 24.4 Å². The van der Waals surface area contributed by atoms with Gasteiger partial charge in [0, 0.05) is 5.02 Å². The summed E-state index contributed by atoms with van der Waals surface area (Å²) in [5.41, 5.74) is 1.22. The van der Waals surface area contributed by atoms with Gasteiger partial charge in [-0.1, -0.05) is 106 Å². The first-order valence-corrected chi connectivity index (χ1v) is 10.3. The van der Waals surface area contributed by atoms with Crippen molar-refractivity contribution in [1.82, 2.24) is 0 Å². The molecule has 0 amide bonds. The van der Waals surface area contributed by atoms with Gasteiger partial charge in [0.1, 0.15) is 0 Å². The van der Waals surface area contributed by atoms with E-state index in [2.05, 4.69) is 0 Å². The zero-order chi connectivity index (χ0) is 17.6. The summed E-state index contributed by atoms with van der Waals surface area (Å²) in [5.74, 6) is 0.869. The van der Waals surface area contributed by atoms with Gasteiger partial charge in [0.25, 0.3) is 6.43 Å². The maximum absolute atomic E-state index is 14.1. The predicted molar refractivity (Wildman–Crippen MR) is 105 cm³/mol. The molecular formula is C21H28BClF2. The largest absolute Gasteiger partial charge is 0.252 e. The van der Waals surface area contributed by atoms with E-state index in [4.69, 9.17) is 11.6 Å². The zero-order valence-corrected chi connectivity index (χ0v) is 15.7. The summed E-state index contributed by atoms with van der Waals surface area (Å²) < 4.78 is 28.3. The highest BCUT2D eigenvalue weighted by molar-refractivity contribution is 6.70. The van der Waals surface area contributed by atoms with Crippen LogP contribution < -0.4 is 0 Å². The van der Waals surface area contributed by atoms with E-state index in [1.165, 1.54) is 38.5 Å². The highest BCUT2D eigenvalue weighted by Gasteiger charge is 2.39. The number of alkyl halides is 2. The molecule has 2 aliphatic rings. The Kier molecular flexibility index (Phi) is 6.98. The molecule has 0 atom stereocenters. The Morgan fingerprint density at radius 3 is 1.80 bits per heavy atom. The zero-order valence-electron chi connectivity index (χ0n) is 14.9. The summed E-state index contributed by atoms with van der Waals surface area (Å²) >= 11 is 5.95. The molecule has 0 bridgehead atoms. The normalized spacial score (nSPS) is 20.9. The minimum Gasteiger partial charge on any atom is -0.206 e.